The summed E-state index contributed by atoms with van der Waals surface area (Å²) in [5, 5.41) is 8.98. The lowest BCUT2D eigenvalue weighted by Crippen LogP contribution is -2.50. The third-order valence-electron chi connectivity index (χ3n) is 5.27. The maximum absolute atomic E-state index is 13.5. The largest absolute Gasteiger partial charge is 0.478 e. The van der Waals surface area contributed by atoms with Crippen molar-refractivity contribution >= 4 is 17.8 Å². The van der Waals surface area contributed by atoms with E-state index in [9.17, 15) is 9.59 Å². The van der Waals surface area contributed by atoms with E-state index in [0.717, 1.165) is 11.1 Å². The topological polar surface area (TPSA) is 86.6 Å². The van der Waals surface area contributed by atoms with Crippen LogP contribution in [-0.4, -0.2) is 58.0 Å². The number of carbonyl (C=O) groups is 2. The molecular weight excluding hydrogens is 380 g/mol. The van der Waals surface area contributed by atoms with Gasteiger partial charge in [0.25, 0.3) is 0 Å². The summed E-state index contributed by atoms with van der Waals surface area (Å²) in [6.45, 7) is 2.29. The molecule has 1 aliphatic rings. The molecule has 0 aliphatic carbocycles. The fraction of sp³-hybridized carbons (Fsp3) is 0.217. The maximum atomic E-state index is 13.5. The highest BCUT2D eigenvalue weighted by Gasteiger charge is 2.30. The van der Waals surface area contributed by atoms with Crippen LogP contribution in [0.1, 0.15) is 27.4 Å². The van der Waals surface area contributed by atoms with Crippen LogP contribution in [0.25, 0.3) is 0 Å². The third-order valence-corrected chi connectivity index (χ3v) is 5.27. The van der Waals surface area contributed by atoms with Gasteiger partial charge in [-0.2, -0.15) is 0 Å². The molecule has 0 saturated carbocycles. The molecular formula is C23H22N4O3. The van der Waals surface area contributed by atoms with E-state index in [0.29, 0.717) is 32.1 Å². The first kappa shape index (κ1) is 19.6. The van der Waals surface area contributed by atoms with Gasteiger partial charge in [0.05, 0.1) is 11.5 Å². The Morgan fingerprint density at radius 2 is 1.30 bits per heavy atom. The minimum atomic E-state index is -1.05. The number of carbonyl (C=O) groups excluding carboxylic acids is 1. The molecule has 1 amide bonds. The highest BCUT2D eigenvalue weighted by Crippen LogP contribution is 2.27. The molecule has 7 nitrogen and oxygen atoms in total. The summed E-state index contributed by atoms with van der Waals surface area (Å²) in [7, 11) is 0. The highest BCUT2D eigenvalue weighted by atomic mass is 16.4. The van der Waals surface area contributed by atoms with E-state index >= 15 is 0 Å². The van der Waals surface area contributed by atoms with E-state index in [-0.39, 0.29) is 17.4 Å². The molecule has 0 radical (unpaired) electrons. The van der Waals surface area contributed by atoms with E-state index in [2.05, 4.69) is 9.97 Å². The van der Waals surface area contributed by atoms with Crippen LogP contribution in [0.2, 0.25) is 0 Å². The van der Waals surface area contributed by atoms with Gasteiger partial charge in [0.2, 0.25) is 11.9 Å². The molecule has 1 fully saturated rings. The van der Waals surface area contributed by atoms with Crippen LogP contribution in [0, 0.1) is 0 Å². The van der Waals surface area contributed by atoms with Crippen LogP contribution in [0.3, 0.4) is 0 Å². The fourth-order valence-corrected chi connectivity index (χ4v) is 3.67. The van der Waals surface area contributed by atoms with Gasteiger partial charge in [0.1, 0.15) is 0 Å². The maximum Gasteiger partial charge on any atom is 0.338 e. The molecule has 1 aliphatic heterocycles. The quantitative estimate of drug-likeness (QED) is 0.706. The Morgan fingerprint density at radius 3 is 1.77 bits per heavy atom. The zero-order chi connectivity index (χ0) is 20.9. The minimum absolute atomic E-state index is 0.0566. The Balaban J connectivity index is 1.48. The Hall–Kier alpha value is -3.74. The number of aromatic nitrogens is 2. The van der Waals surface area contributed by atoms with Crippen molar-refractivity contribution in [1.82, 2.24) is 14.9 Å². The average Bonchev–Trinajstić information content (AvgIpc) is 2.81. The van der Waals surface area contributed by atoms with Gasteiger partial charge in [-0.15, -0.1) is 0 Å². The number of piperazine rings is 1. The Kier molecular flexibility index (Phi) is 5.70. The van der Waals surface area contributed by atoms with Crippen LogP contribution in [0.5, 0.6) is 0 Å². The molecule has 30 heavy (non-hydrogen) atoms. The van der Waals surface area contributed by atoms with Crippen molar-refractivity contribution in [2.24, 2.45) is 0 Å². The standard InChI is InChI=1S/C23H22N4O3/c28-21(20(17-7-3-1-4-8-17)18-9-5-2-6-10-18)26-11-13-27(14-12-26)23-24-15-19(16-25-23)22(29)30/h1-10,15-16,20H,11-14H2,(H,29,30). The van der Waals surface area contributed by atoms with E-state index in [1.807, 2.05) is 70.5 Å². The predicted octanol–water partition coefficient (Wildman–Crippen LogP) is 2.66. The van der Waals surface area contributed by atoms with Crippen molar-refractivity contribution in [2.75, 3.05) is 31.1 Å². The van der Waals surface area contributed by atoms with Crippen molar-refractivity contribution < 1.29 is 14.7 Å². The van der Waals surface area contributed by atoms with Gasteiger partial charge in [-0.3, -0.25) is 4.79 Å². The number of rotatable bonds is 5. The molecule has 2 heterocycles. The Bertz CT molecular complexity index is 962. The summed E-state index contributed by atoms with van der Waals surface area (Å²) in [4.78, 5) is 36.6. The van der Waals surface area contributed by atoms with Gasteiger partial charge in [-0.1, -0.05) is 60.7 Å². The van der Waals surface area contributed by atoms with Crippen LogP contribution >= 0.6 is 0 Å². The zero-order valence-corrected chi connectivity index (χ0v) is 16.4. The predicted molar refractivity (Wildman–Crippen MR) is 113 cm³/mol. The number of carboxylic acids is 1. The van der Waals surface area contributed by atoms with Crippen LogP contribution in [-0.2, 0) is 4.79 Å². The molecule has 0 atom stereocenters. The summed E-state index contributed by atoms with van der Waals surface area (Å²) in [5.41, 5.74) is 2.01. The van der Waals surface area contributed by atoms with E-state index < -0.39 is 5.97 Å². The molecule has 1 saturated heterocycles. The zero-order valence-electron chi connectivity index (χ0n) is 16.4. The lowest BCUT2D eigenvalue weighted by Gasteiger charge is -2.36. The molecule has 0 bridgehead atoms. The Labute approximate surface area is 174 Å². The van der Waals surface area contributed by atoms with Crippen LogP contribution in [0.4, 0.5) is 5.95 Å². The second-order valence-corrected chi connectivity index (χ2v) is 7.14. The molecule has 1 N–H and O–H groups in total. The van der Waals surface area contributed by atoms with E-state index in [1.165, 1.54) is 12.4 Å². The lowest BCUT2D eigenvalue weighted by atomic mass is 9.90. The highest BCUT2D eigenvalue weighted by molar-refractivity contribution is 5.88. The number of benzene rings is 2. The van der Waals surface area contributed by atoms with Gasteiger partial charge in [0.15, 0.2) is 0 Å². The normalized spacial score (nSPS) is 14.0. The lowest BCUT2D eigenvalue weighted by molar-refractivity contribution is -0.132. The van der Waals surface area contributed by atoms with Gasteiger partial charge in [0, 0.05) is 38.6 Å². The van der Waals surface area contributed by atoms with Crippen LogP contribution < -0.4 is 4.90 Å². The van der Waals surface area contributed by atoms with Gasteiger partial charge in [-0.25, -0.2) is 14.8 Å². The number of anilines is 1. The molecule has 7 heteroatoms. The summed E-state index contributed by atoms with van der Waals surface area (Å²) in [6.07, 6.45) is 2.62. The van der Waals surface area contributed by atoms with E-state index in [1.54, 1.807) is 0 Å². The number of hydrogen-bond donors (Lipinski definition) is 1. The first-order valence-electron chi connectivity index (χ1n) is 9.82. The summed E-state index contributed by atoms with van der Waals surface area (Å²) in [5.74, 6) is -0.834. The van der Waals surface area contributed by atoms with Gasteiger partial charge in [-0.05, 0) is 11.1 Å². The number of carboxylic acid groups (broad SMARTS) is 1. The molecule has 0 unspecified atom stereocenters. The summed E-state index contributed by atoms with van der Waals surface area (Å²) >= 11 is 0. The van der Waals surface area contributed by atoms with Crippen molar-refractivity contribution in [1.29, 1.82) is 0 Å². The number of hydrogen-bond acceptors (Lipinski definition) is 5. The summed E-state index contributed by atoms with van der Waals surface area (Å²) in [6, 6.07) is 19.7. The van der Waals surface area contributed by atoms with Crippen molar-refractivity contribution in [3.63, 3.8) is 0 Å². The monoisotopic (exact) mass is 402 g/mol. The van der Waals surface area contributed by atoms with Crippen molar-refractivity contribution in [2.45, 2.75) is 5.92 Å². The first-order valence-corrected chi connectivity index (χ1v) is 9.82. The smallest absolute Gasteiger partial charge is 0.338 e. The third kappa shape index (κ3) is 4.15. The molecule has 0 spiro atoms. The van der Waals surface area contributed by atoms with Crippen molar-refractivity contribution in [3.8, 4) is 0 Å². The second-order valence-electron chi connectivity index (χ2n) is 7.14. The van der Waals surface area contributed by atoms with Crippen molar-refractivity contribution in [3.05, 3.63) is 89.7 Å². The molecule has 1 aromatic heterocycles. The average molecular weight is 402 g/mol. The minimum Gasteiger partial charge on any atom is -0.478 e. The number of amides is 1. The van der Waals surface area contributed by atoms with Gasteiger partial charge < -0.3 is 14.9 Å². The first-order chi connectivity index (χ1) is 14.6. The van der Waals surface area contributed by atoms with E-state index in [4.69, 9.17) is 5.11 Å². The summed E-state index contributed by atoms with van der Waals surface area (Å²) < 4.78 is 0. The second kappa shape index (κ2) is 8.73. The number of nitrogens with zero attached hydrogens (tertiary/aromatic N) is 4. The van der Waals surface area contributed by atoms with Crippen LogP contribution in [0.15, 0.2) is 73.1 Å². The molecule has 4 rings (SSSR count). The molecule has 152 valence electrons. The number of aromatic carboxylic acids is 1. The fourth-order valence-electron chi connectivity index (χ4n) is 3.67. The SMILES string of the molecule is O=C(O)c1cnc(N2CCN(C(=O)C(c3ccccc3)c3ccccc3)CC2)nc1. The Morgan fingerprint density at radius 1 is 0.800 bits per heavy atom. The van der Waals surface area contributed by atoms with Gasteiger partial charge >= 0.3 is 5.97 Å². The molecule has 3 aromatic rings. The molecule has 2 aromatic carbocycles.